The summed E-state index contributed by atoms with van der Waals surface area (Å²) >= 11 is 6.02. The fourth-order valence-electron chi connectivity index (χ4n) is 1.33. The van der Waals surface area contributed by atoms with E-state index >= 15 is 0 Å². The lowest BCUT2D eigenvalue weighted by atomic mass is 10.1. The van der Waals surface area contributed by atoms with Crippen LogP contribution in [-0.4, -0.2) is 18.5 Å². The van der Waals surface area contributed by atoms with Crippen LogP contribution in [-0.2, 0) is 0 Å². The van der Waals surface area contributed by atoms with Crippen molar-refractivity contribution in [2.75, 3.05) is 11.9 Å². The minimum Gasteiger partial charge on any atom is -0.380 e. The van der Waals surface area contributed by atoms with Gasteiger partial charge in [-0.05, 0) is 24.6 Å². The van der Waals surface area contributed by atoms with Crippen LogP contribution in [0.15, 0.2) is 18.2 Å². The minimum atomic E-state index is -0.487. The molecule has 0 aliphatic heterocycles. The molecule has 1 aromatic carbocycles. The van der Waals surface area contributed by atoms with Crippen molar-refractivity contribution in [3.63, 3.8) is 0 Å². The van der Waals surface area contributed by atoms with Crippen molar-refractivity contribution in [2.24, 2.45) is 11.5 Å². The highest BCUT2D eigenvalue weighted by Crippen LogP contribution is 2.23. The largest absolute Gasteiger partial charge is 0.380 e. The molecule has 1 aromatic rings. The zero-order chi connectivity index (χ0) is 12.1. The lowest BCUT2D eigenvalue weighted by Gasteiger charge is -2.17. The van der Waals surface area contributed by atoms with Crippen LogP contribution in [0.25, 0.3) is 0 Å². The van der Waals surface area contributed by atoms with Crippen molar-refractivity contribution in [1.29, 1.82) is 0 Å². The Hall–Kier alpha value is -1.26. The van der Waals surface area contributed by atoms with Crippen molar-refractivity contribution < 1.29 is 4.79 Å². The second-order valence-corrected chi connectivity index (χ2v) is 3.95. The number of nitrogens with two attached hydrogens (primary N) is 2. The Morgan fingerprint density at radius 3 is 2.69 bits per heavy atom. The molecule has 5 heteroatoms. The number of benzene rings is 1. The van der Waals surface area contributed by atoms with E-state index in [4.69, 9.17) is 23.1 Å². The number of hydrogen-bond donors (Lipinski definition) is 3. The van der Waals surface area contributed by atoms with Crippen molar-refractivity contribution >= 4 is 23.2 Å². The molecule has 0 saturated heterocycles. The lowest BCUT2D eigenvalue weighted by molar-refractivity contribution is 0.100. The standard InChI is InChI=1S/C11H16ClN3O/c1-2-8(6-13)15-10-4-3-7(11(14)16)5-9(10)12/h3-5,8,15H,2,6,13H2,1H3,(H2,14,16). The van der Waals surface area contributed by atoms with E-state index in [-0.39, 0.29) is 6.04 Å². The molecule has 0 heterocycles. The first kappa shape index (κ1) is 12.8. The maximum Gasteiger partial charge on any atom is 0.248 e. The van der Waals surface area contributed by atoms with Gasteiger partial charge in [-0.25, -0.2) is 0 Å². The fourth-order valence-corrected chi connectivity index (χ4v) is 1.57. The predicted octanol–water partition coefficient (Wildman–Crippen LogP) is 1.59. The number of amides is 1. The average Bonchev–Trinajstić information content (AvgIpc) is 2.27. The zero-order valence-electron chi connectivity index (χ0n) is 9.16. The third-order valence-corrected chi connectivity index (χ3v) is 2.70. The second-order valence-electron chi connectivity index (χ2n) is 3.54. The molecule has 0 aliphatic carbocycles. The smallest absolute Gasteiger partial charge is 0.248 e. The molecule has 5 N–H and O–H groups in total. The van der Waals surface area contributed by atoms with Crippen LogP contribution in [0.4, 0.5) is 5.69 Å². The van der Waals surface area contributed by atoms with Crippen LogP contribution in [0, 0.1) is 0 Å². The van der Waals surface area contributed by atoms with Crippen molar-refractivity contribution in [3.05, 3.63) is 28.8 Å². The topological polar surface area (TPSA) is 81.1 Å². The molecule has 0 aliphatic rings. The van der Waals surface area contributed by atoms with E-state index in [2.05, 4.69) is 5.32 Å². The van der Waals surface area contributed by atoms with Gasteiger partial charge in [0.2, 0.25) is 5.91 Å². The van der Waals surface area contributed by atoms with Gasteiger partial charge < -0.3 is 16.8 Å². The molecule has 0 bridgehead atoms. The Morgan fingerprint density at radius 2 is 2.25 bits per heavy atom. The lowest BCUT2D eigenvalue weighted by Crippen LogP contribution is -2.28. The summed E-state index contributed by atoms with van der Waals surface area (Å²) in [5.41, 5.74) is 11.9. The summed E-state index contributed by atoms with van der Waals surface area (Å²) in [5.74, 6) is -0.487. The minimum absolute atomic E-state index is 0.178. The molecule has 1 unspecified atom stereocenters. The highest BCUT2D eigenvalue weighted by atomic mass is 35.5. The summed E-state index contributed by atoms with van der Waals surface area (Å²) in [4.78, 5) is 10.9. The molecule has 1 rings (SSSR count). The predicted molar refractivity (Wildman–Crippen MR) is 66.7 cm³/mol. The van der Waals surface area contributed by atoms with Crippen molar-refractivity contribution in [2.45, 2.75) is 19.4 Å². The summed E-state index contributed by atoms with van der Waals surface area (Å²) in [6, 6.07) is 5.10. The Morgan fingerprint density at radius 1 is 1.56 bits per heavy atom. The summed E-state index contributed by atoms with van der Waals surface area (Å²) in [6.45, 7) is 2.57. The van der Waals surface area contributed by atoms with Gasteiger partial charge in [-0.3, -0.25) is 4.79 Å². The highest BCUT2D eigenvalue weighted by Gasteiger charge is 2.08. The number of primary amides is 1. The fraction of sp³-hybridized carbons (Fsp3) is 0.364. The molecule has 0 spiro atoms. The van der Waals surface area contributed by atoms with Gasteiger partial charge >= 0.3 is 0 Å². The maximum absolute atomic E-state index is 10.9. The van der Waals surface area contributed by atoms with E-state index in [0.29, 0.717) is 17.1 Å². The molecule has 4 nitrogen and oxygen atoms in total. The number of rotatable bonds is 5. The second kappa shape index (κ2) is 5.72. The first-order chi connectivity index (χ1) is 7.58. The maximum atomic E-state index is 10.9. The van der Waals surface area contributed by atoms with Gasteiger partial charge in [-0.2, -0.15) is 0 Å². The van der Waals surface area contributed by atoms with Crippen LogP contribution in [0.1, 0.15) is 23.7 Å². The number of halogens is 1. The van der Waals surface area contributed by atoms with E-state index < -0.39 is 5.91 Å². The first-order valence-corrected chi connectivity index (χ1v) is 5.52. The first-order valence-electron chi connectivity index (χ1n) is 5.14. The highest BCUT2D eigenvalue weighted by molar-refractivity contribution is 6.33. The molecule has 16 heavy (non-hydrogen) atoms. The van der Waals surface area contributed by atoms with Gasteiger partial charge in [-0.15, -0.1) is 0 Å². The van der Waals surface area contributed by atoms with Gasteiger partial charge in [0.15, 0.2) is 0 Å². The number of anilines is 1. The average molecular weight is 242 g/mol. The third-order valence-electron chi connectivity index (χ3n) is 2.39. The summed E-state index contributed by atoms with van der Waals surface area (Å²) in [7, 11) is 0. The van der Waals surface area contributed by atoms with Gasteiger partial charge in [0.25, 0.3) is 0 Å². The van der Waals surface area contributed by atoms with Gasteiger partial charge in [0, 0.05) is 18.2 Å². The third kappa shape index (κ3) is 3.12. The van der Waals surface area contributed by atoms with Gasteiger partial charge in [0.05, 0.1) is 10.7 Å². The summed E-state index contributed by atoms with van der Waals surface area (Å²) < 4.78 is 0. The SMILES string of the molecule is CCC(CN)Nc1ccc(C(N)=O)cc1Cl. The van der Waals surface area contributed by atoms with Crippen LogP contribution in [0.3, 0.4) is 0 Å². The number of hydrogen-bond acceptors (Lipinski definition) is 3. The van der Waals surface area contributed by atoms with Gasteiger partial charge in [-0.1, -0.05) is 18.5 Å². The van der Waals surface area contributed by atoms with Crippen LogP contribution in [0.2, 0.25) is 5.02 Å². The normalized spacial score (nSPS) is 12.2. The number of carbonyl (C=O) groups excluding carboxylic acids is 1. The Labute approximate surface area is 100.0 Å². The van der Waals surface area contributed by atoms with E-state index in [9.17, 15) is 4.79 Å². The quantitative estimate of drug-likeness (QED) is 0.732. The van der Waals surface area contributed by atoms with Gasteiger partial charge in [0.1, 0.15) is 0 Å². The van der Waals surface area contributed by atoms with E-state index in [0.717, 1.165) is 12.1 Å². The zero-order valence-corrected chi connectivity index (χ0v) is 9.92. The monoisotopic (exact) mass is 241 g/mol. The van der Waals surface area contributed by atoms with Crippen LogP contribution < -0.4 is 16.8 Å². The number of nitrogens with one attached hydrogen (secondary N) is 1. The van der Waals surface area contributed by atoms with E-state index in [1.807, 2.05) is 6.92 Å². The molecule has 1 atom stereocenters. The van der Waals surface area contributed by atoms with E-state index in [1.165, 1.54) is 0 Å². The van der Waals surface area contributed by atoms with Crippen molar-refractivity contribution in [3.8, 4) is 0 Å². The molecular weight excluding hydrogens is 226 g/mol. The Kier molecular flexibility index (Phi) is 4.58. The van der Waals surface area contributed by atoms with E-state index in [1.54, 1.807) is 18.2 Å². The van der Waals surface area contributed by atoms with Crippen LogP contribution in [0.5, 0.6) is 0 Å². The Balaban J connectivity index is 2.86. The number of carbonyl (C=O) groups is 1. The molecule has 1 amide bonds. The van der Waals surface area contributed by atoms with Crippen molar-refractivity contribution in [1.82, 2.24) is 0 Å². The molecule has 0 saturated carbocycles. The molecular formula is C11H16ClN3O. The summed E-state index contributed by atoms with van der Waals surface area (Å²) in [5, 5.41) is 3.68. The molecule has 0 radical (unpaired) electrons. The molecule has 88 valence electrons. The summed E-state index contributed by atoms with van der Waals surface area (Å²) in [6.07, 6.45) is 0.907. The Bertz CT molecular complexity index is 377. The molecule has 0 aromatic heterocycles. The van der Waals surface area contributed by atoms with Crippen LogP contribution >= 0.6 is 11.6 Å². The molecule has 0 fully saturated rings.